The van der Waals surface area contributed by atoms with Gasteiger partial charge in [-0.05, 0) is 38.8 Å². The van der Waals surface area contributed by atoms with Gasteiger partial charge in [-0.3, -0.25) is 9.69 Å². The number of nitrogens with one attached hydrogen (secondary N) is 1. The maximum absolute atomic E-state index is 13.0. The third-order valence-electron chi connectivity index (χ3n) is 7.16. The van der Waals surface area contributed by atoms with Crippen LogP contribution in [0, 0.1) is 12.8 Å². The molecule has 1 N–H and O–H groups in total. The first-order valence-corrected chi connectivity index (χ1v) is 13.8. The normalized spacial score (nSPS) is 22.2. The van der Waals surface area contributed by atoms with Crippen LogP contribution in [0.5, 0.6) is 0 Å². The Morgan fingerprint density at radius 2 is 1.71 bits per heavy atom. The summed E-state index contributed by atoms with van der Waals surface area (Å²) >= 11 is 0. The number of carbonyl (C=O) groups is 1. The number of likely N-dealkylation sites (N-methyl/N-ethyl adjacent to an activating group) is 1. The molecule has 0 aromatic heterocycles. The van der Waals surface area contributed by atoms with Crippen LogP contribution in [0.2, 0.25) is 0 Å². The summed E-state index contributed by atoms with van der Waals surface area (Å²) in [5.74, 6) is 0.640. The maximum Gasteiger partial charge on any atom is 0.285 e. The van der Waals surface area contributed by atoms with Crippen molar-refractivity contribution < 1.29 is 13.2 Å². The van der Waals surface area contributed by atoms with Crippen LogP contribution in [-0.2, 0) is 14.8 Å². The van der Waals surface area contributed by atoms with Gasteiger partial charge in [-0.25, -0.2) is 0 Å². The first-order valence-electron chi connectivity index (χ1n) is 12.4. The summed E-state index contributed by atoms with van der Waals surface area (Å²) in [6, 6.07) is 7.57. The lowest BCUT2D eigenvalue weighted by Crippen LogP contribution is -2.48. The highest BCUT2D eigenvalue weighted by Crippen LogP contribution is 2.36. The highest BCUT2D eigenvalue weighted by molar-refractivity contribution is 8.00. The standard InChI is InChI=1S/C25H37N5O3S/c1-4-22-23(20-7-5-19(2)6-8-20)34(32,33)27-24(22)30-12-9-21(10-13-30)25(31)26-11-14-29-17-15-28(3)16-18-29/h5-8,21H,4,9-18H2,1-3H3,(H,26,31). The minimum absolute atomic E-state index is 0.0343. The van der Waals surface area contributed by atoms with Gasteiger partial charge >= 0.3 is 0 Å². The molecule has 4 rings (SSSR count). The molecule has 2 fully saturated rings. The van der Waals surface area contributed by atoms with Crippen molar-refractivity contribution in [3.8, 4) is 0 Å². The molecular weight excluding hydrogens is 450 g/mol. The van der Waals surface area contributed by atoms with Gasteiger partial charge in [-0.2, -0.15) is 8.42 Å². The Labute approximate surface area is 203 Å². The summed E-state index contributed by atoms with van der Waals surface area (Å²) in [5, 5.41) is 3.11. The summed E-state index contributed by atoms with van der Waals surface area (Å²) in [5.41, 5.74) is 2.55. The fourth-order valence-corrected chi connectivity index (χ4v) is 6.50. The molecule has 1 aromatic carbocycles. The van der Waals surface area contributed by atoms with Gasteiger partial charge in [0.25, 0.3) is 10.0 Å². The topological polar surface area (TPSA) is 85.3 Å². The fraction of sp³-hybridized carbons (Fsp3) is 0.600. The molecule has 1 amide bonds. The number of rotatable bonds is 6. The van der Waals surface area contributed by atoms with E-state index in [1.54, 1.807) is 0 Å². The second kappa shape index (κ2) is 10.6. The second-order valence-electron chi connectivity index (χ2n) is 9.61. The summed E-state index contributed by atoms with van der Waals surface area (Å²) in [6.07, 6.45) is 2.00. The summed E-state index contributed by atoms with van der Waals surface area (Å²) in [6.45, 7) is 11.0. The number of likely N-dealkylation sites (tertiary alicyclic amines) is 1. The Morgan fingerprint density at radius 3 is 2.32 bits per heavy atom. The molecule has 0 bridgehead atoms. The van der Waals surface area contributed by atoms with Crippen molar-refractivity contribution in [1.29, 1.82) is 0 Å². The van der Waals surface area contributed by atoms with Crippen LogP contribution in [0.1, 0.15) is 37.3 Å². The molecule has 3 aliphatic rings. The van der Waals surface area contributed by atoms with E-state index in [1.165, 1.54) is 0 Å². The number of piperazine rings is 1. The Morgan fingerprint density at radius 1 is 1.06 bits per heavy atom. The first kappa shape index (κ1) is 24.9. The molecule has 9 heteroatoms. The molecule has 186 valence electrons. The van der Waals surface area contributed by atoms with Gasteiger partial charge in [0, 0.05) is 63.8 Å². The fourth-order valence-electron chi connectivity index (χ4n) is 4.97. The lowest BCUT2D eigenvalue weighted by atomic mass is 9.95. The summed E-state index contributed by atoms with van der Waals surface area (Å²) in [4.78, 5) is 19.8. The molecular formula is C25H37N5O3S. The number of hydrogen-bond donors (Lipinski definition) is 1. The number of aryl methyl sites for hydroxylation is 1. The molecule has 34 heavy (non-hydrogen) atoms. The van der Waals surface area contributed by atoms with E-state index in [-0.39, 0.29) is 11.8 Å². The number of amidine groups is 1. The predicted octanol–water partition coefficient (Wildman–Crippen LogP) is 1.93. The molecule has 0 unspecified atom stereocenters. The van der Waals surface area contributed by atoms with Gasteiger partial charge in [0.15, 0.2) is 0 Å². The molecule has 0 atom stereocenters. The van der Waals surface area contributed by atoms with Gasteiger partial charge in [-0.15, -0.1) is 4.40 Å². The van der Waals surface area contributed by atoms with Crippen LogP contribution in [0.15, 0.2) is 34.2 Å². The van der Waals surface area contributed by atoms with E-state index in [1.807, 2.05) is 43.0 Å². The van der Waals surface area contributed by atoms with Gasteiger partial charge in [0.1, 0.15) is 10.7 Å². The Kier molecular flexibility index (Phi) is 7.74. The first-order chi connectivity index (χ1) is 16.3. The third-order valence-corrected chi connectivity index (χ3v) is 8.58. The zero-order valence-electron chi connectivity index (χ0n) is 20.6. The average molecular weight is 488 g/mol. The highest BCUT2D eigenvalue weighted by Gasteiger charge is 2.36. The molecule has 0 aliphatic carbocycles. The Balaban J connectivity index is 1.34. The number of sulfonamides is 1. The SMILES string of the molecule is CCC1=C(c2ccc(C)cc2)S(=O)(=O)N=C1N1CCC(C(=O)NCCN2CCN(C)CC2)CC1. The molecule has 0 radical (unpaired) electrons. The van der Waals surface area contributed by atoms with Crippen molar-refractivity contribution in [2.24, 2.45) is 10.3 Å². The zero-order chi connectivity index (χ0) is 24.3. The average Bonchev–Trinajstić information content (AvgIpc) is 3.11. The van der Waals surface area contributed by atoms with E-state index in [4.69, 9.17) is 0 Å². The van der Waals surface area contributed by atoms with E-state index in [0.29, 0.717) is 55.2 Å². The summed E-state index contributed by atoms with van der Waals surface area (Å²) < 4.78 is 30.1. The van der Waals surface area contributed by atoms with E-state index >= 15 is 0 Å². The minimum Gasteiger partial charge on any atom is -0.356 e. The number of piperidine rings is 1. The van der Waals surface area contributed by atoms with Crippen LogP contribution < -0.4 is 5.32 Å². The van der Waals surface area contributed by atoms with E-state index < -0.39 is 10.0 Å². The highest BCUT2D eigenvalue weighted by atomic mass is 32.2. The van der Waals surface area contributed by atoms with Crippen LogP contribution in [0.25, 0.3) is 4.91 Å². The number of benzene rings is 1. The van der Waals surface area contributed by atoms with Crippen LogP contribution in [0.3, 0.4) is 0 Å². The Hall–Kier alpha value is -2.23. The van der Waals surface area contributed by atoms with E-state index in [9.17, 15) is 13.2 Å². The maximum atomic E-state index is 13.0. The molecule has 1 aromatic rings. The van der Waals surface area contributed by atoms with Crippen molar-refractivity contribution in [3.63, 3.8) is 0 Å². The molecule has 0 spiro atoms. The number of carbonyl (C=O) groups excluding carboxylic acids is 1. The minimum atomic E-state index is -3.73. The van der Waals surface area contributed by atoms with E-state index in [0.717, 1.165) is 43.9 Å². The van der Waals surface area contributed by atoms with Crippen molar-refractivity contribution in [2.75, 3.05) is 59.4 Å². The quantitative estimate of drug-likeness (QED) is 0.660. The zero-order valence-corrected chi connectivity index (χ0v) is 21.4. The lowest BCUT2D eigenvalue weighted by molar-refractivity contribution is -0.126. The number of nitrogens with zero attached hydrogens (tertiary/aromatic N) is 4. The van der Waals surface area contributed by atoms with Crippen LogP contribution >= 0.6 is 0 Å². The second-order valence-corrected chi connectivity index (χ2v) is 11.2. The van der Waals surface area contributed by atoms with Gasteiger partial charge in [0.05, 0.1) is 0 Å². The third kappa shape index (κ3) is 5.53. The monoisotopic (exact) mass is 487 g/mol. The van der Waals surface area contributed by atoms with Crippen molar-refractivity contribution in [2.45, 2.75) is 33.1 Å². The predicted molar refractivity (Wildman–Crippen MR) is 136 cm³/mol. The number of hydrogen-bond acceptors (Lipinski definition) is 6. The number of amides is 1. The van der Waals surface area contributed by atoms with Gasteiger partial charge < -0.3 is 15.1 Å². The van der Waals surface area contributed by atoms with E-state index in [2.05, 4.69) is 26.6 Å². The smallest absolute Gasteiger partial charge is 0.285 e. The molecule has 3 heterocycles. The lowest BCUT2D eigenvalue weighted by Gasteiger charge is -2.34. The van der Waals surface area contributed by atoms with Gasteiger partial charge in [0.2, 0.25) is 5.91 Å². The summed E-state index contributed by atoms with van der Waals surface area (Å²) in [7, 11) is -1.59. The molecule has 3 aliphatic heterocycles. The van der Waals surface area contributed by atoms with Crippen LogP contribution in [0.4, 0.5) is 0 Å². The largest absolute Gasteiger partial charge is 0.356 e. The Bertz CT molecular complexity index is 1050. The van der Waals surface area contributed by atoms with Crippen LogP contribution in [-0.4, -0.2) is 94.3 Å². The van der Waals surface area contributed by atoms with Crippen molar-refractivity contribution in [1.82, 2.24) is 20.0 Å². The molecule has 2 saturated heterocycles. The molecule has 0 saturated carbocycles. The molecule has 8 nitrogen and oxygen atoms in total. The van der Waals surface area contributed by atoms with Crippen molar-refractivity contribution in [3.05, 3.63) is 41.0 Å². The van der Waals surface area contributed by atoms with Gasteiger partial charge in [-0.1, -0.05) is 36.8 Å². The van der Waals surface area contributed by atoms with Crippen molar-refractivity contribution >= 4 is 26.7 Å².